The van der Waals surface area contributed by atoms with E-state index in [1.54, 1.807) is 11.3 Å². The van der Waals surface area contributed by atoms with Crippen LogP contribution in [0.25, 0.3) is 0 Å². The van der Waals surface area contributed by atoms with Crippen LogP contribution in [0.3, 0.4) is 0 Å². The standard InChI is InChI=1S/C16H21ClN2S/c1-4-9-18-15(16-11(2)19-12(3)20-16)10-13-7-5-6-8-14(13)17/h5-8,15,18H,4,9-10H2,1-3H3. The minimum atomic E-state index is 0.293. The van der Waals surface area contributed by atoms with E-state index in [4.69, 9.17) is 11.6 Å². The Morgan fingerprint density at radius 3 is 2.65 bits per heavy atom. The molecule has 1 aromatic carbocycles. The Bertz CT molecular complexity index is 565. The van der Waals surface area contributed by atoms with Crippen LogP contribution < -0.4 is 5.32 Å². The van der Waals surface area contributed by atoms with E-state index in [1.165, 1.54) is 10.4 Å². The molecule has 20 heavy (non-hydrogen) atoms. The zero-order chi connectivity index (χ0) is 14.5. The Kier molecular flexibility index (Phi) is 5.58. The SMILES string of the molecule is CCCNC(Cc1ccccc1Cl)c1sc(C)nc1C. The van der Waals surface area contributed by atoms with Crippen LogP contribution >= 0.6 is 22.9 Å². The Hall–Kier alpha value is -0.900. The lowest BCUT2D eigenvalue weighted by molar-refractivity contribution is 0.534. The van der Waals surface area contributed by atoms with Crippen molar-refractivity contribution in [3.8, 4) is 0 Å². The smallest absolute Gasteiger partial charge is 0.0900 e. The maximum atomic E-state index is 6.29. The fourth-order valence-electron chi connectivity index (χ4n) is 2.33. The van der Waals surface area contributed by atoms with Gasteiger partial charge in [0.25, 0.3) is 0 Å². The number of hydrogen-bond donors (Lipinski definition) is 1. The lowest BCUT2D eigenvalue weighted by atomic mass is 10.0. The molecule has 0 saturated heterocycles. The quantitative estimate of drug-likeness (QED) is 0.837. The predicted molar refractivity (Wildman–Crippen MR) is 87.8 cm³/mol. The molecule has 0 saturated carbocycles. The highest BCUT2D eigenvalue weighted by molar-refractivity contribution is 7.11. The third-order valence-corrected chi connectivity index (χ3v) is 4.83. The number of thiazole rings is 1. The van der Waals surface area contributed by atoms with Gasteiger partial charge in [-0.1, -0.05) is 36.7 Å². The van der Waals surface area contributed by atoms with Crippen LogP contribution in [-0.2, 0) is 6.42 Å². The summed E-state index contributed by atoms with van der Waals surface area (Å²) in [7, 11) is 0. The van der Waals surface area contributed by atoms with Gasteiger partial charge in [-0.05, 0) is 44.9 Å². The van der Waals surface area contributed by atoms with Crippen molar-refractivity contribution >= 4 is 22.9 Å². The Balaban J connectivity index is 2.24. The van der Waals surface area contributed by atoms with Crippen LogP contribution in [0, 0.1) is 13.8 Å². The summed E-state index contributed by atoms with van der Waals surface area (Å²) in [6.45, 7) is 7.34. The van der Waals surface area contributed by atoms with Gasteiger partial charge in [-0.3, -0.25) is 0 Å². The lowest BCUT2D eigenvalue weighted by Crippen LogP contribution is -2.24. The van der Waals surface area contributed by atoms with Crippen LogP contribution in [0.2, 0.25) is 5.02 Å². The Labute approximate surface area is 130 Å². The molecule has 108 valence electrons. The summed E-state index contributed by atoms with van der Waals surface area (Å²) in [4.78, 5) is 5.88. The summed E-state index contributed by atoms with van der Waals surface area (Å²) < 4.78 is 0. The number of halogens is 1. The highest BCUT2D eigenvalue weighted by Gasteiger charge is 2.18. The summed E-state index contributed by atoms with van der Waals surface area (Å²) in [6.07, 6.45) is 2.03. The maximum absolute atomic E-state index is 6.29. The molecule has 0 aliphatic rings. The molecule has 4 heteroatoms. The number of aromatic nitrogens is 1. The molecule has 2 rings (SSSR count). The summed E-state index contributed by atoms with van der Waals surface area (Å²) in [6, 6.07) is 8.37. The van der Waals surface area contributed by atoms with Crippen molar-refractivity contribution < 1.29 is 0 Å². The number of nitrogens with zero attached hydrogens (tertiary/aromatic N) is 1. The molecule has 2 nitrogen and oxygen atoms in total. The van der Waals surface area contributed by atoms with E-state index in [-0.39, 0.29) is 0 Å². The molecule has 0 aliphatic carbocycles. The summed E-state index contributed by atoms with van der Waals surface area (Å²) in [5.74, 6) is 0. The highest BCUT2D eigenvalue weighted by Crippen LogP contribution is 2.29. The van der Waals surface area contributed by atoms with Crippen LogP contribution in [-0.4, -0.2) is 11.5 Å². The number of aryl methyl sites for hydroxylation is 2. The van der Waals surface area contributed by atoms with Crippen molar-refractivity contribution in [1.82, 2.24) is 10.3 Å². The molecule has 1 aromatic heterocycles. The average Bonchev–Trinajstić information content (AvgIpc) is 2.75. The van der Waals surface area contributed by atoms with Gasteiger partial charge >= 0.3 is 0 Å². The molecule has 0 amide bonds. The van der Waals surface area contributed by atoms with Crippen molar-refractivity contribution in [2.75, 3.05) is 6.54 Å². The van der Waals surface area contributed by atoms with Gasteiger partial charge in [-0.25, -0.2) is 4.98 Å². The zero-order valence-corrected chi connectivity index (χ0v) is 13.8. The van der Waals surface area contributed by atoms with Crippen molar-refractivity contribution in [1.29, 1.82) is 0 Å². The summed E-state index contributed by atoms with van der Waals surface area (Å²) >= 11 is 8.08. The Morgan fingerprint density at radius 2 is 2.05 bits per heavy atom. The van der Waals surface area contributed by atoms with E-state index in [0.29, 0.717) is 6.04 Å². The van der Waals surface area contributed by atoms with Gasteiger partial charge in [0.15, 0.2) is 0 Å². The molecule has 0 aliphatic heterocycles. The van der Waals surface area contributed by atoms with Crippen LogP contribution in [0.4, 0.5) is 0 Å². The number of rotatable bonds is 6. The van der Waals surface area contributed by atoms with E-state index in [1.807, 2.05) is 18.2 Å². The van der Waals surface area contributed by atoms with Gasteiger partial charge in [-0.15, -0.1) is 11.3 Å². The third kappa shape index (κ3) is 3.81. The lowest BCUT2D eigenvalue weighted by Gasteiger charge is -2.18. The maximum Gasteiger partial charge on any atom is 0.0900 e. The minimum absolute atomic E-state index is 0.293. The van der Waals surface area contributed by atoms with Gasteiger partial charge in [0.05, 0.1) is 10.7 Å². The zero-order valence-electron chi connectivity index (χ0n) is 12.2. The second kappa shape index (κ2) is 7.21. The van der Waals surface area contributed by atoms with Crippen molar-refractivity contribution in [2.45, 2.75) is 39.7 Å². The molecule has 0 bridgehead atoms. The normalized spacial score (nSPS) is 12.6. The van der Waals surface area contributed by atoms with Gasteiger partial charge < -0.3 is 5.32 Å². The first-order chi connectivity index (χ1) is 9.61. The first kappa shape index (κ1) is 15.5. The highest BCUT2D eigenvalue weighted by atomic mass is 35.5. The number of hydrogen-bond acceptors (Lipinski definition) is 3. The largest absolute Gasteiger partial charge is 0.309 e. The molecule has 2 aromatic rings. The number of nitrogens with one attached hydrogen (secondary N) is 1. The van der Waals surface area contributed by atoms with Crippen LogP contribution in [0.1, 0.15) is 40.5 Å². The first-order valence-electron chi connectivity index (χ1n) is 7.02. The predicted octanol–water partition coefficient (Wildman–Crippen LogP) is 4.70. The van der Waals surface area contributed by atoms with Crippen molar-refractivity contribution in [3.05, 3.63) is 50.4 Å². The van der Waals surface area contributed by atoms with Crippen LogP contribution in [0.15, 0.2) is 24.3 Å². The molecule has 1 unspecified atom stereocenters. The van der Waals surface area contributed by atoms with E-state index in [9.17, 15) is 0 Å². The minimum Gasteiger partial charge on any atom is -0.309 e. The average molecular weight is 309 g/mol. The molecule has 1 N–H and O–H groups in total. The first-order valence-corrected chi connectivity index (χ1v) is 8.22. The number of benzene rings is 1. The van der Waals surface area contributed by atoms with E-state index >= 15 is 0 Å². The molecule has 0 fully saturated rings. The summed E-state index contributed by atoms with van der Waals surface area (Å²) in [5.41, 5.74) is 2.32. The molecule has 0 spiro atoms. The van der Waals surface area contributed by atoms with E-state index in [0.717, 1.165) is 35.1 Å². The Morgan fingerprint density at radius 1 is 1.30 bits per heavy atom. The van der Waals surface area contributed by atoms with E-state index < -0.39 is 0 Å². The third-order valence-electron chi connectivity index (χ3n) is 3.28. The fraction of sp³-hybridized carbons (Fsp3) is 0.438. The fourth-order valence-corrected chi connectivity index (χ4v) is 3.55. The second-order valence-corrected chi connectivity index (χ2v) is 6.63. The monoisotopic (exact) mass is 308 g/mol. The molecular weight excluding hydrogens is 288 g/mol. The van der Waals surface area contributed by atoms with Gasteiger partial charge in [0.1, 0.15) is 0 Å². The molecular formula is C16H21ClN2S. The second-order valence-electron chi connectivity index (χ2n) is 4.98. The van der Waals surface area contributed by atoms with Gasteiger partial charge in [0, 0.05) is 15.9 Å². The molecule has 1 atom stereocenters. The topological polar surface area (TPSA) is 24.9 Å². The summed E-state index contributed by atoms with van der Waals surface area (Å²) in [5, 5.41) is 5.59. The van der Waals surface area contributed by atoms with Gasteiger partial charge in [0.2, 0.25) is 0 Å². The molecule has 0 radical (unpaired) electrons. The van der Waals surface area contributed by atoms with Crippen LogP contribution in [0.5, 0.6) is 0 Å². The molecule has 1 heterocycles. The van der Waals surface area contributed by atoms with Crippen molar-refractivity contribution in [3.63, 3.8) is 0 Å². The van der Waals surface area contributed by atoms with Crippen molar-refractivity contribution in [2.24, 2.45) is 0 Å². The van der Waals surface area contributed by atoms with E-state index in [2.05, 4.69) is 37.1 Å². The van der Waals surface area contributed by atoms with Gasteiger partial charge in [-0.2, -0.15) is 0 Å².